The van der Waals surface area contributed by atoms with Gasteiger partial charge in [0, 0.05) is 12.6 Å². The number of aliphatic hydroxyl groups excluding tert-OH is 1. The van der Waals surface area contributed by atoms with Crippen LogP contribution in [0.25, 0.3) is 0 Å². The molecule has 9 heteroatoms. The molecule has 1 aromatic heterocycles. The first-order valence-corrected chi connectivity index (χ1v) is 7.23. The van der Waals surface area contributed by atoms with E-state index in [0.29, 0.717) is 6.42 Å². The highest BCUT2D eigenvalue weighted by atomic mass is 32.2. The van der Waals surface area contributed by atoms with Gasteiger partial charge < -0.3 is 10.2 Å². The van der Waals surface area contributed by atoms with Crippen molar-refractivity contribution in [3.05, 3.63) is 11.4 Å². The van der Waals surface area contributed by atoms with Crippen LogP contribution in [0.4, 0.5) is 0 Å². The van der Waals surface area contributed by atoms with Crippen LogP contribution in [0.5, 0.6) is 0 Å². The molecule has 1 heterocycles. The summed E-state index contributed by atoms with van der Waals surface area (Å²) >= 11 is 0. The number of aliphatic hydroxyl groups is 1. The second-order valence-electron chi connectivity index (χ2n) is 4.07. The van der Waals surface area contributed by atoms with Crippen molar-refractivity contribution in [1.29, 1.82) is 0 Å². The molecule has 0 aliphatic carbocycles. The van der Waals surface area contributed by atoms with E-state index in [1.54, 1.807) is 6.92 Å². The molecule has 0 amide bonds. The fraction of sp³-hybridized carbons (Fsp3) is 0.600. The van der Waals surface area contributed by atoms with Crippen molar-refractivity contribution in [2.45, 2.75) is 37.6 Å². The molecule has 0 aliphatic rings. The maximum Gasteiger partial charge on any atom is 0.357 e. The maximum absolute atomic E-state index is 12.2. The van der Waals surface area contributed by atoms with E-state index < -0.39 is 27.7 Å². The number of carboxylic acid groups (broad SMARTS) is 1. The summed E-state index contributed by atoms with van der Waals surface area (Å²) in [5.41, 5.74) is -0.382. The van der Waals surface area contributed by atoms with Crippen molar-refractivity contribution in [3.8, 4) is 0 Å². The second kappa shape index (κ2) is 6.13. The lowest BCUT2D eigenvalue weighted by Crippen LogP contribution is -2.35. The van der Waals surface area contributed by atoms with Crippen LogP contribution in [0.2, 0.25) is 0 Å². The van der Waals surface area contributed by atoms with Gasteiger partial charge in [0.05, 0.1) is 5.69 Å². The standard InChI is InChI=1S/C10H17N3O5S/c1-3-7(4-5-14)13-19(17,18)9-6(2)11-12-8(9)10(15)16/h7,13-14H,3-5H2,1-2H3,(H,11,12)(H,15,16). The summed E-state index contributed by atoms with van der Waals surface area (Å²) in [5, 5.41) is 23.6. The zero-order valence-corrected chi connectivity index (χ0v) is 11.5. The van der Waals surface area contributed by atoms with Crippen LogP contribution >= 0.6 is 0 Å². The van der Waals surface area contributed by atoms with Crippen LogP contribution in [0.15, 0.2) is 4.90 Å². The van der Waals surface area contributed by atoms with Gasteiger partial charge in [-0.1, -0.05) is 6.92 Å². The van der Waals surface area contributed by atoms with Crippen molar-refractivity contribution in [1.82, 2.24) is 14.9 Å². The summed E-state index contributed by atoms with van der Waals surface area (Å²) in [6.45, 7) is 3.04. The first-order valence-electron chi connectivity index (χ1n) is 5.75. The highest BCUT2D eigenvalue weighted by molar-refractivity contribution is 7.89. The SMILES string of the molecule is CCC(CCO)NS(=O)(=O)c1c(C(=O)O)n[nH]c1C. The van der Waals surface area contributed by atoms with E-state index in [4.69, 9.17) is 10.2 Å². The Hall–Kier alpha value is -1.45. The number of aromatic nitrogens is 2. The van der Waals surface area contributed by atoms with Crippen LogP contribution in [-0.4, -0.2) is 47.4 Å². The number of hydrogen-bond acceptors (Lipinski definition) is 5. The third-order valence-corrected chi connectivity index (χ3v) is 4.34. The Kier molecular flexibility index (Phi) is 5.04. The molecule has 0 aliphatic heterocycles. The zero-order valence-electron chi connectivity index (χ0n) is 10.7. The van der Waals surface area contributed by atoms with Crippen LogP contribution < -0.4 is 4.72 Å². The molecule has 1 aromatic rings. The third kappa shape index (κ3) is 3.52. The average molecular weight is 291 g/mol. The van der Waals surface area contributed by atoms with Gasteiger partial charge in [-0.15, -0.1) is 0 Å². The normalized spacial score (nSPS) is 13.4. The molecule has 0 saturated carbocycles. The summed E-state index contributed by atoms with van der Waals surface area (Å²) in [7, 11) is -3.99. The summed E-state index contributed by atoms with van der Waals surface area (Å²) < 4.78 is 26.7. The number of nitrogens with zero attached hydrogens (tertiary/aromatic N) is 1. The number of carbonyl (C=O) groups is 1. The molecule has 0 bridgehead atoms. The molecule has 1 unspecified atom stereocenters. The van der Waals surface area contributed by atoms with Crippen molar-refractivity contribution in [3.63, 3.8) is 0 Å². The minimum absolute atomic E-state index is 0.156. The van der Waals surface area contributed by atoms with Gasteiger partial charge in [-0.3, -0.25) is 5.10 Å². The number of H-pyrrole nitrogens is 1. The Morgan fingerprint density at radius 3 is 2.63 bits per heavy atom. The highest BCUT2D eigenvalue weighted by Gasteiger charge is 2.29. The van der Waals surface area contributed by atoms with Gasteiger partial charge >= 0.3 is 5.97 Å². The number of aromatic amines is 1. The Labute approximate surface area is 110 Å². The molecule has 19 heavy (non-hydrogen) atoms. The first kappa shape index (κ1) is 15.6. The largest absolute Gasteiger partial charge is 0.476 e. The van der Waals surface area contributed by atoms with Crippen molar-refractivity contribution in [2.75, 3.05) is 6.61 Å². The lowest BCUT2D eigenvalue weighted by Gasteiger charge is -2.15. The molecule has 108 valence electrons. The molecule has 4 N–H and O–H groups in total. The summed E-state index contributed by atoms with van der Waals surface area (Å²) in [6.07, 6.45) is 0.744. The van der Waals surface area contributed by atoms with Crippen molar-refractivity contribution >= 4 is 16.0 Å². The lowest BCUT2D eigenvalue weighted by atomic mass is 10.2. The molecule has 0 saturated heterocycles. The molecule has 0 radical (unpaired) electrons. The number of aromatic carboxylic acids is 1. The Bertz CT molecular complexity index is 552. The molecular formula is C10H17N3O5S. The first-order chi connectivity index (χ1) is 8.83. The molecule has 1 atom stereocenters. The second-order valence-corrected chi connectivity index (χ2v) is 5.72. The maximum atomic E-state index is 12.2. The number of rotatable bonds is 7. The monoisotopic (exact) mass is 291 g/mol. The van der Waals surface area contributed by atoms with Gasteiger partial charge in [0.15, 0.2) is 5.69 Å². The molecule has 0 fully saturated rings. The average Bonchev–Trinajstić information content (AvgIpc) is 2.71. The van der Waals surface area contributed by atoms with E-state index in [-0.39, 0.29) is 23.6 Å². The Morgan fingerprint density at radius 1 is 1.53 bits per heavy atom. The number of hydrogen-bond donors (Lipinski definition) is 4. The minimum atomic E-state index is -3.99. The number of carboxylic acids is 1. The predicted molar refractivity (Wildman–Crippen MR) is 66.4 cm³/mol. The van der Waals surface area contributed by atoms with Gasteiger partial charge in [0.2, 0.25) is 10.0 Å². The van der Waals surface area contributed by atoms with Crippen LogP contribution in [0, 0.1) is 6.92 Å². The van der Waals surface area contributed by atoms with Gasteiger partial charge in [-0.25, -0.2) is 17.9 Å². The molecule has 0 aromatic carbocycles. The van der Waals surface area contributed by atoms with E-state index in [1.165, 1.54) is 6.92 Å². The molecule has 0 spiro atoms. The van der Waals surface area contributed by atoms with Gasteiger partial charge in [0.25, 0.3) is 0 Å². The quantitative estimate of drug-likeness (QED) is 0.552. The lowest BCUT2D eigenvalue weighted by molar-refractivity contribution is 0.0686. The van der Waals surface area contributed by atoms with Crippen molar-refractivity contribution < 1.29 is 23.4 Å². The van der Waals surface area contributed by atoms with E-state index in [0.717, 1.165) is 0 Å². The van der Waals surface area contributed by atoms with E-state index >= 15 is 0 Å². The topological polar surface area (TPSA) is 132 Å². The third-order valence-electron chi connectivity index (χ3n) is 2.65. The van der Waals surface area contributed by atoms with E-state index in [1.807, 2.05) is 0 Å². The fourth-order valence-corrected chi connectivity index (χ4v) is 3.35. The smallest absolute Gasteiger partial charge is 0.357 e. The Balaban J connectivity index is 3.13. The van der Waals surface area contributed by atoms with Crippen LogP contribution in [0.3, 0.4) is 0 Å². The molecule has 8 nitrogen and oxygen atoms in total. The van der Waals surface area contributed by atoms with Gasteiger partial charge in [-0.05, 0) is 19.8 Å². The Morgan fingerprint density at radius 2 is 2.16 bits per heavy atom. The summed E-state index contributed by atoms with van der Waals surface area (Å²) in [4.78, 5) is 10.6. The number of sulfonamides is 1. The molecular weight excluding hydrogens is 274 g/mol. The highest BCUT2D eigenvalue weighted by Crippen LogP contribution is 2.18. The summed E-state index contributed by atoms with van der Waals surface area (Å²) in [5.74, 6) is -1.42. The molecule has 1 rings (SSSR count). The predicted octanol–water partition coefficient (Wildman–Crippen LogP) is -0.144. The van der Waals surface area contributed by atoms with Gasteiger partial charge in [-0.2, -0.15) is 5.10 Å². The number of nitrogens with one attached hydrogen (secondary N) is 2. The minimum Gasteiger partial charge on any atom is -0.476 e. The van der Waals surface area contributed by atoms with Crippen LogP contribution in [-0.2, 0) is 10.0 Å². The summed E-state index contributed by atoms with van der Waals surface area (Å²) in [6, 6.07) is -0.453. The fourth-order valence-electron chi connectivity index (χ4n) is 1.67. The number of aryl methyl sites for hydroxylation is 1. The van der Waals surface area contributed by atoms with E-state index in [9.17, 15) is 13.2 Å². The zero-order chi connectivity index (χ0) is 14.6. The van der Waals surface area contributed by atoms with Crippen LogP contribution in [0.1, 0.15) is 35.9 Å². The van der Waals surface area contributed by atoms with E-state index in [2.05, 4.69) is 14.9 Å². The van der Waals surface area contributed by atoms with Crippen molar-refractivity contribution in [2.24, 2.45) is 0 Å². The van der Waals surface area contributed by atoms with Gasteiger partial charge in [0.1, 0.15) is 4.90 Å².